The van der Waals surface area contributed by atoms with Crippen molar-refractivity contribution in [3.63, 3.8) is 0 Å². The van der Waals surface area contributed by atoms with Crippen molar-refractivity contribution in [1.29, 1.82) is 0 Å². The van der Waals surface area contributed by atoms with Crippen LogP contribution in [0, 0.1) is 5.92 Å². The number of hydrogen-bond acceptors (Lipinski definition) is 4. The molecule has 0 aromatic rings. The molecule has 0 aromatic heterocycles. The first-order valence-electron chi connectivity index (χ1n) is 7.71. The first-order valence-corrected chi connectivity index (χ1v) is 7.71. The van der Waals surface area contributed by atoms with Gasteiger partial charge < -0.3 is 20.1 Å². The molecule has 0 aromatic carbocycles. The van der Waals surface area contributed by atoms with Crippen LogP contribution in [0.25, 0.3) is 0 Å². The molecule has 0 unspecified atom stereocenters. The molecule has 22 heavy (non-hydrogen) atoms. The van der Waals surface area contributed by atoms with E-state index in [1.165, 1.54) is 4.90 Å². The number of ether oxygens (including phenoxy) is 1. The van der Waals surface area contributed by atoms with Gasteiger partial charge in [-0.3, -0.25) is 4.79 Å². The summed E-state index contributed by atoms with van der Waals surface area (Å²) in [4.78, 5) is 26.1. The zero-order chi connectivity index (χ0) is 16.5. The average molecular weight is 316 g/mol. The van der Waals surface area contributed by atoms with Crippen LogP contribution >= 0.6 is 0 Å². The maximum atomic E-state index is 13.3. The Bertz CT molecular complexity index is 443. The third-order valence-electron chi connectivity index (χ3n) is 4.10. The summed E-state index contributed by atoms with van der Waals surface area (Å²) in [6.07, 6.45) is -0.619. The summed E-state index contributed by atoms with van der Waals surface area (Å²) in [6, 6.07) is 0. The number of nitrogens with one attached hydrogen (secondary N) is 1. The normalized spacial score (nSPS) is 31.6. The van der Waals surface area contributed by atoms with Gasteiger partial charge in [0.15, 0.2) is 0 Å². The fraction of sp³-hybridized carbons (Fsp3) is 0.867. The molecule has 1 aliphatic heterocycles. The Balaban J connectivity index is 2.05. The number of aliphatic hydroxyl groups is 1. The molecule has 1 heterocycles. The van der Waals surface area contributed by atoms with Gasteiger partial charge in [-0.2, -0.15) is 0 Å². The summed E-state index contributed by atoms with van der Waals surface area (Å²) in [5, 5.41) is 11.9. The van der Waals surface area contributed by atoms with Crippen molar-refractivity contribution in [2.75, 3.05) is 19.7 Å². The van der Waals surface area contributed by atoms with Crippen LogP contribution in [-0.4, -0.2) is 59.0 Å². The van der Waals surface area contributed by atoms with Gasteiger partial charge in [0.05, 0.1) is 6.54 Å². The molecule has 7 heteroatoms. The predicted octanol–water partition coefficient (Wildman–Crippen LogP) is 1.22. The maximum absolute atomic E-state index is 13.3. The Hall–Kier alpha value is -1.37. The van der Waals surface area contributed by atoms with Gasteiger partial charge in [0, 0.05) is 13.2 Å². The number of aliphatic hydroxyl groups excluding tert-OH is 1. The summed E-state index contributed by atoms with van der Waals surface area (Å²) in [5.41, 5.74) is -1.73. The van der Waals surface area contributed by atoms with Crippen molar-refractivity contribution in [1.82, 2.24) is 10.2 Å². The van der Waals surface area contributed by atoms with Crippen molar-refractivity contribution < 1.29 is 23.8 Å². The molecule has 0 radical (unpaired) electrons. The first-order chi connectivity index (χ1) is 10.1. The third-order valence-corrected chi connectivity index (χ3v) is 4.10. The molecule has 2 amide bonds. The minimum atomic E-state index is -1.07. The molecule has 1 saturated carbocycles. The van der Waals surface area contributed by atoms with E-state index in [4.69, 9.17) is 4.74 Å². The van der Waals surface area contributed by atoms with Gasteiger partial charge in [-0.25, -0.2) is 9.18 Å². The van der Waals surface area contributed by atoms with Crippen molar-refractivity contribution in [2.45, 2.75) is 57.3 Å². The molecule has 0 bridgehead atoms. The molecule has 1 aliphatic carbocycles. The van der Waals surface area contributed by atoms with E-state index >= 15 is 0 Å². The largest absolute Gasteiger partial charge is 0.444 e. The lowest BCUT2D eigenvalue weighted by Crippen LogP contribution is -2.66. The van der Waals surface area contributed by atoms with Gasteiger partial charge in [0.2, 0.25) is 5.91 Å². The number of hydrogen-bond donors (Lipinski definition) is 2. The summed E-state index contributed by atoms with van der Waals surface area (Å²) in [6.45, 7) is 5.63. The number of likely N-dealkylation sites (tertiary alicyclic amines) is 1. The Morgan fingerprint density at radius 1 is 1.41 bits per heavy atom. The first kappa shape index (κ1) is 17.0. The molecule has 126 valence electrons. The van der Waals surface area contributed by atoms with Crippen LogP contribution in [0.5, 0.6) is 0 Å². The van der Waals surface area contributed by atoms with Crippen molar-refractivity contribution in [2.24, 2.45) is 5.92 Å². The van der Waals surface area contributed by atoms with Crippen LogP contribution in [0.15, 0.2) is 0 Å². The van der Waals surface area contributed by atoms with Gasteiger partial charge >= 0.3 is 6.09 Å². The van der Waals surface area contributed by atoms with E-state index in [0.717, 1.165) is 0 Å². The van der Waals surface area contributed by atoms with E-state index in [0.29, 0.717) is 25.8 Å². The SMILES string of the molecule is CC(C)(C)OC(=O)NC1(C(=O)N2CC[C@@H](F)C2)CC(CO)C1. The number of alkyl carbamates (subject to hydrolysis) is 1. The number of amides is 2. The van der Waals surface area contributed by atoms with Crippen LogP contribution in [0.4, 0.5) is 9.18 Å². The van der Waals surface area contributed by atoms with E-state index in [9.17, 15) is 19.1 Å². The molecule has 2 rings (SSSR count). The second-order valence-electron chi connectivity index (χ2n) is 7.30. The highest BCUT2D eigenvalue weighted by Gasteiger charge is 2.53. The van der Waals surface area contributed by atoms with Crippen LogP contribution in [0.3, 0.4) is 0 Å². The van der Waals surface area contributed by atoms with Crippen LogP contribution in [0.2, 0.25) is 0 Å². The summed E-state index contributed by atoms with van der Waals surface area (Å²) in [7, 11) is 0. The molecule has 1 saturated heterocycles. The molecular formula is C15H25FN2O4. The highest BCUT2D eigenvalue weighted by Crippen LogP contribution is 2.40. The minimum Gasteiger partial charge on any atom is -0.444 e. The summed E-state index contributed by atoms with van der Waals surface area (Å²) >= 11 is 0. The number of alkyl halides is 1. The lowest BCUT2D eigenvalue weighted by molar-refractivity contribution is -0.144. The lowest BCUT2D eigenvalue weighted by atomic mass is 9.67. The van der Waals surface area contributed by atoms with Gasteiger partial charge in [-0.1, -0.05) is 0 Å². The summed E-state index contributed by atoms with van der Waals surface area (Å²) < 4.78 is 18.5. The Morgan fingerprint density at radius 2 is 2.05 bits per heavy atom. The zero-order valence-corrected chi connectivity index (χ0v) is 13.4. The molecule has 2 aliphatic rings. The number of rotatable bonds is 3. The number of nitrogens with zero attached hydrogens (tertiary/aromatic N) is 1. The van der Waals surface area contributed by atoms with Gasteiger partial charge in [0.1, 0.15) is 17.3 Å². The number of halogens is 1. The van der Waals surface area contributed by atoms with Crippen LogP contribution < -0.4 is 5.32 Å². The zero-order valence-electron chi connectivity index (χ0n) is 13.4. The van der Waals surface area contributed by atoms with Gasteiger partial charge in [0.25, 0.3) is 0 Å². The second kappa shape index (κ2) is 6.02. The van der Waals surface area contributed by atoms with E-state index in [-0.39, 0.29) is 25.0 Å². The minimum absolute atomic E-state index is 0.0253. The average Bonchev–Trinajstić information content (AvgIpc) is 2.76. The van der Waals surface area contributed by atoms with Crippen LogP contribution in [0.1, 0.15) is 40.0 Å². The lowest BCUT2D eigenvalue weighted by Gasteiger charge is -2.47. The maximum Gasteiger partial charge on any atom is 0.408 e. The summed E-state index contributed by atoms with van der Waals surface area (Å²) in [5.74, 6) is -0.300. The molecule has 2 N–H and O–H groups in total. The second-order valence-corrected chi connectivity index (χ2v) is 7.30. The highest BCUT2D eigenvalue weighted by molar-refractivity contribution is 5.91. The quantitative estimate of drug-likeness (QED) is 0.820. The molecule has 1 atom stereocenters. The number of carbonyl (C=O) groups is 2. The van der Waals surface area contributed by atoms with E-state index in [1.807, 2.05) is 0 Å². The topological polar surface area (TPSA) is 78.9 Å². The smallest absolute Gasteiger partial charge is 0.408 e. The van der Waals surface area contributed by atoms with Crippen molar-refractivity contribution in [3.8, 4) is 0 Å². The Morgan fingerprint density at radius 3 is 2.50 bits per heavy atom. The molecule has 2 fully saturated rings. The van der Waals surface area contributed by atoms with Crippen LogP contribution in [-0.2, 0) is 9.53 Å². The number of carbonyl (C=O) groups excluding carboxylic acids is 2. The fourth-order valence-corrected chi connectivity index (χ4v) is 3.09. The third kappa shape index (κ3) is 3.69. The predicted molar refractivity (Wildman–Crippen MR) is 78.0 cm³/mol. The molecule has 0 spiro atoms. The standard InChI is InChI=1S/C15H25FN2O4/c1-14(2,3)22-13(21)17-15(6-10(7-15)9-19)12(20)18-5-4-11(16)8-18/h10-11,19H,4-9H2,1-3H3,(H,17,21)/t10?,11-,15?/m1/s1. The van der Waals surface area contributed by atoms with Crippen molar-refractivity contribution in [3.05, 3.63) is 0 Å². The van der Waals surface area contributed by atoms with Gasteiger partial charge in [-0.05, 0) is 46.0 Å². The Kier molecular flexibility index (Phi) is 4.65. The fourth-order valence-electron chi connectivity index (χ4n) is 3.09. The van der Waals surface area contributed by atoms with E-state index in [1.54, 1.807) is 20.8 Å². The molecular weight excluding hydrogens is 291 g/mol. The van der Waals surface area contributed by atoms with Crippen molar-refractivity contribution >= 4 is 12.0 Å². The van der Waals surface area contributed by atoms with E-state index < -0.39 is 23.4 Å². The van der Waals surface area contributed by atoms with E-state index in [2.05, 4.69) is 5.32 Å². The Labute approximate surface area is 130 Å². The van der Waals surface area contributed by atoms with Gasteiger partial charge in [-0.15, -0.1) is 0 Å². The molecule has 6 nitrogen and oxygen atoms in total. The monoisotopic (exact) mass is 316 g/mol. The highest BCUT2D eigenvalue weighted by atomic mass is 19.1.